The number of nitrogens with one attached hydrogen (secondary N) is 1. The maximum absolute atomic E-state index is 12.8. The first kappa shape index (κ1) is 23.4. The van der Waals surface area contributed by atoms with Gasteiger partial charge in [-0.25, -0.2) is 5.48 Å². The van der Waals surface area contributed by atoms with Crippen molar-refractivity contribution in [2.75, 3.05) is 25.6 Å². The number of hydrogen-bond acceptors (Lipinski definition) is 5. The van der Waals surface area contributed by atoms with Crippen LogP contribution < -0.4 is 20.9 Å². The zero-order valence-corrected chi connectivity index (χ0v) is 20.3. The number of hydroxylamine groups is 1. The summed E-state index contributed by atoms with van der Waals surface area (Å²) in [6.07, 6.45) is 8.83. The van der Waals surface area contributed by atoms with Gasteiger partial charge in [0.05, 0.1) is 12.5 Å². The first-order valence-electron chi connectivity index (χ1n) is 12.4. The van der Waals surface area contributed by atoms with Gasteiger partial charge in [0, 0.05) is 36.3 Å². The van der Waals surface area contributed by atoms with Crippen LogP contribution in [0.5, 0.6) is 5.75 Å². The average molecular weight is 476 g/mol. The topological polar surface area (TPSA) is 105 Å². The quantitative estimate of drug-likeness (QED) is 0.451. The second kappa shape index (κ2) is 9.04. The lowest BCUT2D eigenvalue weighted by molar-refractivity contribution is -0.122. The van der Waals surface area contributed by atoms with Crippen molar-refractivity contribution in [3.63, 3.8) is 0 Å². The van der Waals surface area contributed by atoms with Gasteiger partial charge < -0.3 is 15.4 Å². The maximum atomic E-state index is 12.8. The van der Waals surface area contributed by atoms with Gasteiger partial charge in [-0.3, -0.25) is 14.8 Å². The van der Waals surface area contributed by atoms with Crippen LogP contribution in [0.4, 0.5) is 5.69 Å². The molecule has 0 bridgehead atoms. The number of allylic oxidation sites excluding steroid dienone is 1. The third kappa shape index (κ3) is 4.08. The highest BCUT2D eigenvalue weighted by atomic mass is 16.5. The Morgan fingerprint density at radius 3 is 2.60 bits per heavy atom. The summed E-state index contributed by atoms with van der Waals surface area (Å²) in [5.74, 6) is 0.302. The van der Waals surface area contributed by atoms with E-state index < -0.39 is 11.3 Å². The van der Waals surface area contributed by atoms with Gasteiger partial charge in [0.15, 0.2) is 0 Å². The molecule has 1 aliphatic heterocycles. The van der Waals surface area contributed by atoms with Gasteiger partial charge >= 0.3 is 0 Å². The Morgan fingerprint density at radius 2 is 1.91 bits per heavy atom. The fourth-order valence-electron chi connectivity index (χ4n) is 6.15. The van der Waals surface area contributed by atoms with Crippen LogP contribution >= 0.6 is 0 Å². The Balaban J connectivity index is 1.76. The number of carbonyl (C=O) groups is 2. The number of ether oxygens (including phenoxy) is 1. The van der Waals surface area contributed by atoms with Crippen LogP contribution in [0.15, 0.2) is 36.4 Å². The van der Waals surface area contributed by atoms with E-state index in [1.165, 1.54) is 24.8 Å². The van der Waals surface area contributed by atoms with Crippen molar-refractivity contribution in [2.24, 2.45) is 17.1 Å². The van der Waals surface area contributed by atoms with E-state index in [2.05, 4.69) is 23.1 Å². The van der Waals surface area contributed by atoms with Crippen molar-refractivity contribution in [2.45, 2.75) is 44.4 Å². The molecule has 1 heterocycles. The number of anilines is 1. The molecule has 0 saturated heterocycles. The van der Waals surface area contributed by atoms with Gasteiger partial charge in [0.1, 0.15) is 5.75 Å². The Hall–Kier alpha value is -3.32. The van der Waals surface area contributed by atoms with E-state index in [1.807, 2.05) is 19.2 Å². The summed E-state index contributed by atoms with van der Waals surface area (Å²) in [6.45, 7) is 0.443. The summed E-state index contributed by atoms with van der Waals surface area (Å²) in [4.78, 5) is 27.1. The summed E-state index contributed by atoms with van der Waals surface area (Å²) in [6, 6.07) is 11.6. The average Bonchev–Trinajstić information content (AvgIpc) is 3.62. The van der Waals surface area contributed by atoms with E-state index in [1.54, 1.807) is 24.7 Å². The predicted octanol–water partition coefficient (Wildman–Crippen LogP) is 4.34. The van der Waals surface area contributed by atoms with Crippen molar-refractivity contribution in [3.8, 4) is 5.75 Å². The van der Waals surface area contributed by atoms with Gasteiger partial charge in [0.25, 0.3) is 5.91 Å². The maximum Gasteiger partial charge on any atom is 0.274 e. The number of rotatable bonds is 4. The minimum absolute atomic E-state index is 0.00174. The smallest absolute Gasteiger partial charge is 0.274 e. The molecule has 7 heteroatoms. The Bertz CT molecular complexity index is 1200. The summed E-state index contributed by atoms with van der Waals surface area (Å²) < 4.78 is 5.53. The normalized spacial score (nSPS) is 25.3. The highest BCUT2D eigenvalue weighted by molar-refractivity contribution is 5.98. The summed E-state index contributed by atoms with van der Waals surface area (Å²) in [5, 5.41) is 9.22. The monoisotopic (exact) mass is 475 g/mol. The molecular weight excluding hydrogens is 442 g/mol. The molecule has 7 nitrogen and oxygen atoms in total. The molecular formula is C28H33N3O4. The summed E-state index contributed by atoms with van der Waals surface area (Å²) in [5.41, 5.74) is 12.8. The number of amides is 2. The van der Waals surface area contributed by atoms with E-state index in [0.29, 0.717) is 24.4 Å². The zero-order chi connectivity index (χ0) is 24.7. The van der Waals surface area contributed by atoms with Gasteiger partial charge in [-0.2, -0.15) is 0 Å². The molecule has 2 aromatic rings. The Kier molecular flexibility index (Phi) is 6.05. The molecule has 2 amide bonds. The van der Waals surface area contributed by atoms with Crippen molar-refractivity contribution in [3.05, 3.63) is 58.7 Å². The van der Waals surface area contributed by atoms with Gasteiger partial charge in [0.2, 0.25) is 5.91 Å². The Morgan fingerprint density at radius 1 is 1.14 bits per heavy atom. The van der Waals surface area contributed by atoms with E-state index >= 15 is 0 Å². The number of nitrogens with two attached hydrogens (primary N) is 1. The lowest BCUT2D eigenvalue weighted by Crippen LogP contribution is -2.38. The molecule has 2 fully saturated rings. The van der Waals surface area contributed by atoms with Crippen LogP contribution in [0.3, 0.4) is 0 Å². The number of methoxy groups -OCH3 is 1. The summed E-state index contributed by atoms with van der Waals surface area (Å²) >= 11 is 0. The molecule has 0 spiro atoms. The van der Waals surface area contributed by atoms with Crippen LogP contribution in [0.1, 0.15) is 71.5 Å². The molecule has 2 unspecified atom stereocenters. The highest BCUT2D eigenvalue weighted by Crippen LogP contribution is 2.61. The summed E-state index contributed by atoms with van der Waals surface area (Å²) in [7, 11) is 3.61. The number of hydrogen-bond donors (Lipinski definition) is 3. The third-order valence-corrected chi connectivity index (χ3v) is 8.19. The number of nitrogens with zero attached hydrogens (tertiary/aromatic N) is 1. The molecule has 0 radical (unpaired) electrons. The second-order valence-corrected chi connectivity index (χ2v) is 10.2. The second-order valence-electron chi connectivity index (χ2n) is 10.2. The first-order valence-corrected chi connectivity index (χ1v) is 12.4. The van der Waals surface area contributed by atoms with Crippen LogP contribution in [0.2, 0.25) is 0 Å². The fourth-order valence-corrected chi connectivity index (χ4v) is 6.15. The molecule has 2 saturated carbocycles. The van der Waals surface area contributed by atoms with Gasteiger partial charge in [-0.15, -0.1) is 0 Å². The largest absolute Gasteiger partial charge is 0.497 e. The zero-order valence-electron chi connectivity index (χ0n) is 20.3. The molecule has 184 valence electrons. The van der Waals surface area contributed by atoms with E-state index in [9.17, 15) is 14.8 Å². The number of primary amides is 1. The molecule has 2 atom stereocenters. The number of benzene rings is 2. The van der Waals surface area contributed by atoms with Crippen molar-refractivity contribution in [1.29, 1.82) is 0 Å². The Labute approximate surface area is 205 Å². The van der Waals surface area contributed by atoms with Gasteiger partial charge in [-0.1, -0.05) is 37.5 Å². The van der Waals surface area contributed by atoms with E-state index in [-0.39, 0.29) is 11.8 Å². The molecule has 3 aliphatic rings. The van der Waals surface area contributed by atoms with Crippen LogP contribution in [0.25, 0.3) is 11.6 Å². The fraction of sp³-hybridized carbons (Fsp3) is 0.429. The number of carbonyl (C=O) groups excluding carboxylic acids is 2. The van der Waals surface area contributed by atoms with Gasteiger partial charge in [-0.05, 0) is 66.1 Å². The molecule has 4 N–H and O–H groups in total. The standard InChI is InChI=1S/C28H33N3O4/c1-31-16-28(27(29)33)15-24(28)23-14-20(35-2)10-8-18(23)12-22(17-6-4-3-5-7-17)21-11-9-19(13-25(21)31)26(32)30-34/h8-14,17,24,34H,3-7,15-16H2,1-2H3,(H2,29,33)(H,30,32)/b22-12+. The third-order valence-electron chi connectivity index (χ3n) is 8.19. The molecule has 0 aromatic heterocycles. The van der Waals surface area contributed by atoms with Crippen LogP contribution in [-0.2, 0) is 4.79 Å². The van der Waals surface area contributed by atoms with E-state index in [4.69, 9.17) is 10.5 Å². The molecule has 35 heavy (non-hydrogen) atoms. The predicted molar refractivity (Wildman–Crippen MR) is 135 cm³/mol. The van der Waals surface area contributed by atoms with Crippen LogP contribution in [0, 0.1) is 11.3 Å². The lowest BCUT2D eigenvalue weighted by atomic mass is 9.78. The first-order chi connectivity index (χ1) is 16.9. The van der Waals surface area contributed by atoms with Crippen molar-refractivity contribution >= 4 is 29.2 Å². The number of fused-ring (bicyclic) bond motifs is 4. The SMILES string of the molecule is COc1ccc2c(c1)C1CC1(C(N)=O)CN(C)c1cc(C(=O)NO)ccc1/C(C1CCCCC1)=C/2. The van der Waals surface area contributed by atoms with Crippen molar-refractivity contribution in [1.82, 2.24) is 5.48 Å². The molecule has 2 aliphatic carbocycles. The lowest BCUT2D eigenvalue weighted by Gasteiger charge is -2.32. The highest BCUT2D eigenvalue weighted by Gasteiger charge is 2.60. The van der Waals surface area contributed by atoms with Crippen molar-refractivity contribution < 1.29 is 19.5 Å². The van der Waals surface area contributed by atoms with E-state index in [0.717, 1.165) is 41.0 Å². The minimum Gasteiger partial charge on any atom is -0.497 e. The molecule has 2 aromatic carbocycles. The van der Waals surface area contributed by atoms with Crippen LogP contribution in [-0.4, -0.2) is 37.7 Å². The molecule has 5 rings (SSSR count). The minimum atomic E-state index is -0.696.